The van der Waals surface area contributed by atoms with Crippen molar-refractivity contribution in [1.82, 2.24) is 4.98 Å². The van der Waals surface area contributed by atoms with Gasteiger partial charge in [0.15, 0.2) is 0 Å². The summed E-state index contributed by atoms with van der Waals surface area (Å²) in [5.74, 6) is 0. The highest BCUT2D eigenvalue weighted by Crippen LogP contribution is 2.29. The van der Waals surface area contributed by atoms with E-state index < -0.39 is 0 Å². The predicted molar refractivity (Wildman–Crippen MR) is 105 cm³/mol. The van der Waals surface area contributed by atoms with Gasteiger partial charge in [0.25, 0.3) is 0 Å². The summed E-state index contributed by atoms with van der Waals surface area (Å²) >= 11 is 1.67. The molecule has 0 spiro atoms. The normalized spacial score (nSPS) is 11.2. The quantitative estimate of drug-likeness (QED) is 0.346. The number of thiazole rings is 1. The van der Waals surface area contributed by atoms with Crippen LogP contribution in [-0.2, 0) is 0 Å². The van der Waals surface area contributed by atoms with Gasteiger partial charge in [0.2, 0.25) is 5.13 Å². The number of benzene rings is 2. The number of rotatable bonds is 6. The first-order valence-corrected chi connectivity index (χ1v) is 8.84. The summed E-state index contributed by atoms with van der Waals surface area (Å²) in [6, 6.07) is 14.6. The van der Waals surface area contributed by atoms with E-state index in [-0.39, 0.29) is 0 Å². The smallest absolute Gasteiger partial charge is 0.207 e. The summed E-state index contributed by atoms with van der Waals surface area (Å²) in [6.45, 7) is 8.79. The van der Waals surface area contributed by atoms with Crippen molar-refractivity contribution >= 4 is 32.9 Å². The van der Waals surface area contributed by atoms with Crippen LogP contribution in [0.25, 0.3) is 10.2 Å². The largest absolute Gasteiger partial charge is 0.239 e. The molecule has 0 amide bonds. The van der Waals surface area contributed by atoms with E-state index in [2.05, 4.69) is 44.7 Å². The third-order valence-electron chi connectivity index (χ3n) is 3.82. The Morgan fingerprint density at radius 3 is 2.83 bits per heavy atom. The van der Waals surface area contributed by atoms with Crippen LogP contribution in [0.15, 0.2) is 60.2 Å². The molecule has 0 saturated carbocycles. The first-order valence-electron chi connectivity index (χ1n) is 8.02. The third kappa shape index (κ3) is 3.71. The van der Waals surface area contributed by atoms with E-state index in [0.29, 0.717) is 0 Å². The standard InChI is InChI=1S/C20H21N3S/c1-4-5-12-23(20-22-18-8-6-7-9-19(18)24-20)21-14-17-13-15(2)10-11-16(17)3/h4,6-11,13-14H,1,5,12H2,2-3H3/b21-14+. The van der Waals surface area contributed by atoms with Gasteiger partial charge in [0.05, 0.1) is 16.4 Å². The molecule has 0 saturated heterocycles. The third-order valence-corrected chi connectivity index (χ3v) is 4.87. The summed E-state index contributed by atoms with van der Waals surface area (Å²) in [4.78, 5) is 4.71. The van der Waals surface area contributed by atoms with Crippen molar-refractivity contribution in [2.45, 2.75) is 20.3 Å². The maximum absolute atomic E-state index is 4.71. The van der Waals surface area contributed by atoms with Crippen LogP contribution in [0, 0.1) is 13.8 Å². The molecular weight excluding hydrogens is 314 g/mol. The topological polar surface area (TPSA) is 28.5 Å². The molecule has 1 aromatic heterocycles. The monoisotopic (exact) mass is 335 g/mol. The van der Waals surface area contributed by atoms with Crippen molar-refractivity contribution in [2.24, 2.45) is 5.10 Å². The van der Waals surface area contributed by atoms with E-state index in [1.807, 2.05) is 35.5 Å². The Bertz CT molecular complexity index is 846. The summed E-state index contributed by atoms with van der Waals surface area (Å²) in [6.07, 6.45) is 4.70. The van der Waals surface area contributed by atoms with E-state index in [4.69, 9.17) is 10.1 Å². The molecule has 1 heterocycles. The second-order valence-corrected chi connectivity index (χ2v) is 6.78. The van der Waals surface area contributed by atoms with Gasteiger partial charge in [0, 0.05) is 6.54 Å². The SMILES string of the molecule is C=CCCN(/N=C/c1cc(C)ccc1C)c1nc2ccccc2s1. The lowest BCUT2D eigenvalue weighted by Gasteiger charge is -2.14. The number of aryl methyl sites for hydroxylation is 2. The van der Waals surface area contributed by atoms with Gasteiger partial charge in [-0.2, -0.15) is 5.10 Å². The maximum Gasteiger partial charge on any atom is 0.207 e. The molecule has 0 bridgehead atoms. The van der Waals surface area contributed by atoms with E-state index >= 15 is 0 Å². The molecule has 24 heavy (non-hydrogen) atoms. The highest BCUT2D eigenvalue weighted by Gasteiger charge is 2.10. The number of anilines is 1. The Kier molecular flexibility index (Phi) is 5.06. The number of para-hydroxylation sites is 1. The summed E-state index contributed by atoms with van der Waals surface area (Å²) in [7, 11) is 0. The lowest BCUT2D eigenvalue weighted by Crippen LogP contribution is -2.17. The van der Waals surface area contributed by atoms with Gasteiger partial charge in [-0.05, 0) is 43.5 Å². The van der Waals surface area contributed by atoms with Crippen LogP contribution in [0.1, 0.15) is 23.1 Å². The number of aromatic nitrogens is 1. The number of hydrogen-bond acceptors (Lipinski definition) is 4. The minimum Gasteiger partial charge on any atom is -0.239 e. The first kappa shape index (κ1) is 16.4. The molecule has 3 aromatic rings. The van der Waals surface area contributed by atoms with Crippen LogP contribution in [-0.4, -0.2) is 17.7 Å². The van der Waals surface area contributed by atoms with Gasteiger partial charge in [-0.15, -0.1) is 6.58 Å². The molecule has 0 aliphatic heterocycles. The molecule has 3 nitrogen and oxygen atoms in total. The maximum atomic E-state index is 4.71. The number of hydrogen-bond donors (Lipinski definition) is 0. The van der Waals surface area contributed by atoms with Crippen molar-refractivity contribution in [1.29, 1.82) is 0 Å². The molecule has 0 N–H and O–H groups in total. The molecule has 4 heteroatoms. The second-order valence-electron chi connectivity index (χ2n) is 5.77. The fraction of sp³-hybridized carbons (Fsp3) is 0.200. The number of fused-ring (bicyclic) bond motifs is 1. The molecular formula is C20H21N3S. The van der Waals surface area contributed by atoms with Crippen LogP contribution >= 0.6 is 11.3 Å². The summed E-state index contributed by atoms with van der Waals surface area (Å²) in [5, 5.41) is 7.59. The minimum atomic E-state index is 0.769. The highest BCUT2D eigenvalue weighted by molar-refractivity contribution is 7.22. The van der Waals surface area contributed by atoms with Gasteiger partial charge in [0.1, 0.15) is 0 Å². The Morgan fingerprint density at radius 2 is 2.04 bits per heavy atom. The van der Waals surface area contributed by atoms with Crippen molar-refractivity contribution in [3.05, 3.63) is 71.8 Å². The van der Waals surface area contributed by atoms with Gasteiger partial charge >= 0.3 is 0 Å². The molecule has 0 unspecified atom stereocenters. The van der Waals surface area contributed by atoms with Crippen LogP contribution in [0.4, 0.5) is 5.13 Å². The molecule has 0 aliphatic carbocycles. The molecule has 0 radical (unpaired) electrons. The fourth-order valence-corrected chi connectivity index (χ4v) is 3.37. The van der Waals surface area contributed by atoms with Crippen molar-refractivity contribution < 1.29 is 0 Å². The van der Waals surface area contributed by atoms with Crippen molar-refractivity contribution in [2.75, 3.05) is 11.6 Å². The lowest BCUT2D eigenvalue weighted by atomic mass is 10.1. The summed E-state index contributed by atoms with van der Waals surface area (Å²) < 4.78 is 1.18. The minimum absolute atomic E-state index is 0.769. The first-order chi connectivity index (χ1) is 11.7. The Morgan fingerprint density at radius 1 is 1.21 bits per heavy atom. The van der Waals surface area contributed by atoms with Crippen LogP contribution < -0.4 is 5.01 Å². The molecule has 122 valence electrons. The average molecular weight is 335 g/mol. The van der Waals surface area contributed by atoms with Gasteiger partial charge in [-0.3, -0.25) is 0 Å². The van der Waals surface area contributed by atoms with E-state index in [9.17, 15) is 0 Å². The van der Waals surface area contributed by atoms with Gasteiger partial charge < -0.3 is 0 Å². The summed E-state index contributed by atoms with van der Waals surface area (Å²) in [5.41, 5.74) is 4.61. The predicted octanol–water partition coefficient (Wildman–Crippen LogP) is 5.33. The molecule has 0 atom stereocenters. The fourth-order valence-electron chi connectivity index (χ4n) is 2.42. The van der Waals surface area contributed by atoms with E-state index in [1.54, 1.807) is 11.3 Å². The highest BCUT2D eigenvalue weighted by atomic mass is 32.1. The Hall–Kier alpha value is -2.46. The molecule has 0 fully saturated rings. The lowest BCUT2D eigenvalue weighted by molar-refractivity contribution is 0.842. The molecule has 3 rings (SSSR count). The average Bonchev–Trinajstić information content (AvgIpc) is 3.01. The molecule has 2 aromatic carbocycles. The van der Waals surface area contributed by atoms with Crippen LogP contribution in [0.2, 0.25) is 0 Å². The van der Waals surface area contributed by atoms with Crippen LogP contribution in [0.3, 0.4) is 0 Å². The van der Waals surface area contributed by atoms with Crippen LogP contribution in [0.5, 0.6) is 0 Å². The van der Waals surface area contributed by atoms with Gasteiger partial charge in [-0.1, -0.05) is 53.3 Å². The zero-order chi connectivity index (χ0) is 16.9. The zero-order valence-electron chi connectivity index (χ0n) is 14.1. The zero-order valence-corrected chi connectivity index (χ0v) is 14.9. The number of hydrazone groups is 1. The van der Waals surface area contributed by atoms with E-state index in [0.717, 1.165) is 29.2 Å². The second kappa shape index (κ2) is 7.41. The van der Waals surface area contributed by atoms with Gasteiger partial charge in [-0.25, -0.2) is 9.99 Å². The Labute approximate surface area is 147 Å². The van der Waals surface area contributed by atoms with Crippen molar-refractivity contribution in [3.8, 4) is 0 Å². The van der Waals surface area contributed by atoms with Crippen molar-refractivity contribution in [3.63, 3.8) is 0 Å². The number of nitrogens with zero attached hydrogens (tertiary/aromatic N) is 3. The van der Waals surface area contributed by atoms with E-state index in [1.165, 1.54) is 15.8 Å². The Balaban J connectivity index is 1.92. The molecule has 0 aliphatic rings.